The molecule has 7 nitrogen and oxygen atoms in total. The highest BCUT2D eigenvalue weighted by atomic mass is 32.2. The Morgan fingerprint density at radius 1 is 1.38 bits per heavy atom. The van der Waals surface area contributed by atoms with Crippen LogP contribution >= 0.6 is 0 Å². The molecule has 1 rings (SSSR count). The third-order valence-corrected chi connectivity index (χ3v) is 4.62. The number of rotatable bonds is 11. The quantitative estimate of drug-likeness (QED) is 0.345. The van der Waals surface area contributed by atoms with E-state index in [1.54, 1.807) is 6.20 Å². The van der Waals surface area contributed by atoms with Crippen molar-refractivity contribution in [1.82, 2.24) is 15.6 Å². The van der Waals surface area contributed by atoms with Gasteiger partial charge in [-0.15, -0.1) is 0 Å². The minimum atomic E-state index is -2.96. The van der Waals surface area contributed by atoms with Crippen molar-refractivity contribution >= 4 is 15.8 Å². The Balaban J connectivity index is 2.71. The van der Waals surface area contributed by atoms with Gasteiger partial charge in [-0.05, 0) is 32.8 Å². The van der Waals surface area contributed by atoms with Gasteiger partial charge in [-0.1, -0.05) is 19.4 Å². The molecule has 1 atom stereocenters. The van der Waals surface area contributed by atoms with Crippen LogP contribution in [0.15, 0.2) is 23.3 Å². The van der Waals surface area contributed by atoms with Gasteiger partial charge in [-0.3, -0.25) is 0 Å². The topological polar surface area (TPSA) is 92.7 Å². The van der Waals surface area contributed by atoms with Gasteiger partial charge in [-0.2, -0.15) is 0 Å². The molecule has 0 aliphatic rings. The van der Waals surface area contributed by atoms with Crippen LogP contribution < -0.4 is 15.4 Å². The van der Waals surface area contributed by atoms with Crippen LogP contribution in [0.2, 0.25) is 0 Å². The molecular weight excluding hydrogens is 352 g/mol. The van der Waals surface area contributed by atoms with Crippen molar-refractivity contribution in [2.45, 2.75) is 52.6 Å². The van der Waals surface area contributed by atoms with Gasteiger partial charge in [0, 0.05) is 30.6 Å². The molecule has 1 unspecified atom stereocenters. The van der Waals surface area contributed by atoms with Crippen molar-refractivity contribution in [1.29, 1.82) is 0 Å². The molecule has 0 aromatic carbocycles. The smallest absolute Gasteiger partial charge is 0.218 e. The van der Waals surface area contributed by atoms with E-state index in [2.05, 4.69) is 27.5 Å². The Labute approximate surface area is 157 Å². The molecule has 0 aliphatic carbocycles. The lowest BCUT2D eigenvalue weighted by Gasteiger charge is -2.17. The highest BCUT2D eigenvalue weighted by Crippen LogP contribution is 2.15. The summed E-state index contributed by atoms with van der Waals surface area (Å²) in [5.74, 6) is 1.42. The fourth-order valence-electron chi connectivity index (χ4n) is 2.17. The molecule has 1 aromatic heterocycles. The standard InChI is InChI=1S/C18H32N4O3S/c1-5-7-12-25-17-16(9-8-11-20-17)14-21-18(19-6-2)22-15(3)10-13-26(4,23)24/h8-9,11,15H,5-7,10,12-14H2,1-4H3,(H2,19,21,22). The van der Waals surface area contributed by atoms with E-state index < -0.39 is 9.84 Å². The molecule has 8 heteroatoms. The first-order valence-electron chi connectivity index (χ1n) is 9.15. The van der Waals surface area contributed by atoms with Crippen LogP contribution in [0.4, 0.5) is 0 Å². The number of pyridine rings is 1. The number of guanidine groups is 1. The summed E-state index contributed by atoms with van der Waals surface area (Å²) in [4.78, 5) is 8.87. The largest absolute Gasteiger partial charge is 0.477 e. The Bertz CT molecular complexity index is 662. The van der Waals surface area contributed by atoms with Gasteiger partial charge >= 0.3 is 0 Å². The van der Waals surface area contributed by atoms with Crippen LogP contribution in [0, 0.1) is 0 Å². The van der Waals surface area contributed by atoms with Crippen molar-refractivity contribution in [2.75, 3.05) is 25.2 Å². The van der Waals surface area contributed by atoms with Crippen LogP contribution in [0.5, 0.6) is 5.88 Å². The van der Waals surface area contributed by atoms with Gasteiger partial charge in [0.25, 0.3) is 0 Å². The molecule has 0 bridgehead atoms. The zero-order valence-electron chi connectivity index (χ0n) is 16.3. The summed E-state index contributed by atoms with van der Waals surface area (Å²) in [6.07, 6.45) is 5.55. The predicted molar refractivity (Wildman–Crippen MR) is 106 cm³/mol. The maximum atomic E-state index is 11.3. The van der Waals surface area contributed by atoms with Crippen molar-refractivity contribution in [3.63, 3.8) is 0 Å². The van der Waals surface area contributed by atoms with Crippen LogP contribution in [-0.2, 0) is 16.4 Å². The Morgan fingerprint density at radius 3 is 2.81 bits per heavy atom. The molecule has 0 spiro atoms. The number of aliphatic imine (C=N–C) groups is 1. The van der Waals surface area contributed by atoms with Gasteiger partial charge in [0.05, 0.1) is 18.9 Å². The average Bonchev–Trinajstić information content (AvgIpc) is 2.59. The summed E-state index contributed by atoms with van der Waals surface area (Å²) in [5, 5.41) is 6.43. The molecule has 1 heterocycles. The summed E-state index contributed by atoms with van der Waals surface area (Å²) in [6, 6.07) is 3.82. The summed E-state index contributed by atoms with van der Waals surface area (Å²) in [5.41, 5.74) is 0.921. The SMILES string of the molecule is CCCCOc1ncccc1CN=C(NCC)NC(C)CCS(C)(=O)=O. The van der Waals surface area contributed by atoms with Gasteiger partial charge in [-0.25, -0.2) is 18.4 Å². The number of sulfone groups is 1. The molecule has 148 valence electrons. The molecule has 26 heavy (non-hydrogen) atoms. The minimum Gasteiger partial charge on any atom is -0.477 e. The van der Waals surface area contributed by atoms with E-state index in [0.29, 0.717) is 31.4 Å². The number of hydrogen-bond acceptors (Lipinski definition) is 5. The normalized spacial score (nSPS) is 13.3. The van der Waals surface area contributed by atoms with E-state index in [1.165, 1.54) is 6.26 Å². The van der Waals surface area contributed by atoms with Crippen molar-refractivity contribution in [3.8, 4) is 5.88 Å². The Morgan fingerprint density at radius 2 is 2.15 bits per heavy atom. The molecule has 1 aromatic rings. The molecule has 0 amide bonds. The molecule has 0 aliphatic heterocycles. The predicted octanol–water partition coefficient (Wildman–Crippen LogP) is 2.14. The first-order chi connectivity index (χ1) is 12.4. The van der Waals surface area contributed by atoms with Crippen molar-refractivity contribution < 1.29 is 13.2 Å². The van der Waals surface area contributed by atoms with Crippen LogP contribution in [-0.4, -0.2) is 50.6 Å². The fourth-order valence-corrected chi connectivity index (χ4v) is 2.95. The van der Waals surface area contributed by atoms with Crippen molar-refractivity contribution in [3.05, 3.63) is 23.9 Å². The third-order valence-electron chi connectivity index (χ3n) is 3.64. The van der Waals surface area contributed by atoms with E-state index in [9.17, 15) is 8.42 Å². The van der Waals surface area contributed by atoms with E-state index >= 15 is 0 Å². The number of nitrogens with one attached hydrogen (secondary N) is 2. The van der Waals surface area contributed by atoms with E-state index in [4.69, 9.17) is 4.74 Å². The first kappa shape index (κ1) is 22.2. The highest BCUT2D eigenvalue weighted by Gasteiger charge is 2.10. The summed E-state index contributed by atoms with van der Waals surface area (Å²) >= 11 is 0. The number of nitrogens with zero attached hydrogens (tertiary/aromatic N) is 2. The first-order valence-corrected chi connectivity index (χ1v) is 11.2. The molecule has 0 saturated carbocycles. The highest BCUT2D eigenvalue weighted by molar-refractivity contribution is 7.90. The summed E-state index contributed by atoms with van der Waals surface area (Å²) in [6.45, 7) is 7.85. The van der Waals surface area contributed by atoms with Gasteiger partial charge in [0.15, 0.2) is 5.96 Å². The third kappa shape index (κ3) is 9.60. The molecular formula is C18H32N4O3S. The lowest BCUT2D eigenvalue weighted by Crippen LogP contribution is -2.42. The lowest BCUT2D eigenvalue weighted by molar-refractivity contribution is 0.294. The van der Waals surface area contributed by atoms with E-state index in [1.807, 2.05) is 26.0 Å². The van der Waals surface area contributed by atoms with Gasteiger partial charge in [0.1, 0.15) is 9.84 Å². The van der Waals surface area contributed by atoms with Crippen LogP contribution in [0.1, 0.15) is 45.6 Å². The number of hydrogen-bond donors (Lipinski definition) is 2. The number of unbranched alkanes of at least 4 members (excludes halogenated alkanes) is 1. The molecule has 0 fully saturated rings. The maximum Gasteiger partial charge on any atom is 0.218 e. The average molecular weight is 385 g/mol. The minimum absolute atomic E-state index is 0.00306. The zero-order valence-corrected chi connectivity index (χ0v) is 17.1. The number of aromatic nitrogens is 1. The summed E-state index contributed by atoms with van der Waals surface area (Å²) < 4.78 is 28.4. The Kier molecular flexibility index (Phi) is 10.0. The maximum absolute atomic E-state index is 11.3. The van der Waals surface area contributed by atoms with Crippen molar-refractivity contribution in [2.24, 2.45) is 4.99 Å². The summed E-state index contributed by atoms with van der Waals surface area (Å²) in [7, 11) is -2.96. The van der Waals surface area contributed by atoms with Crippen LogP contribution in [0.3, 0.4) is 0 Å². The number of ether oxygens (including phenoxy) is 1. The molecule has 0 saturated heterocycles. The fraction of sp³-hybridized carbons (Fsp3) is 0.667. The second-order valence-corrected chi connectivity index (χ2v) is 8.59. The van der Waals surface area contributed by atoms with Gasteiger partial charge in [0.2, 0.25) is 5.88 Å². The van der Waals surface area contributed by atoms with E-state index in [-0.39, 0.29) is 11.8 Å². The molecule has 2 N–H and O–H groups in total. The zero-order chi connectivity index (χ0) is 19.4. The van der Waals surface area contributed by atoms with Crippen LogP contribution in [0.25, 0.3) is 0 Å². The second kappa shape index (κ2) is 11.7. The monoisotopic (exact) mass is 384 g/mol. The lowest BCUT2D eigenvalue weighted by atomic mass is 10.2. The second-order valence-electron chi connectivity index (χ2n) is 6.33. The van der Waals surface area contributed by atoms with Gasteiger partial charge < -0.3 is 15.4 Å². The Hall–Kier alpha value is -1.83. The van der Waals surface area contributed by atoms with E-state index in [0.717, 1.165) is 24.9 Å². The molecule has 0 radical (unpaired) electrons.